The lowest BCUT2D eigenvalue weighted by Crippen LogP contribution is -2.60. The van der Waals surface area contributed by atoms with Crippen molar-refractivity contribution in [2.24, 2.45) is 35.3 Å². The number of carbonyl (C=O) groups excluding carboxylic acids is 10. The lowest BCUT2D eigenvalue weighted by atomic mass is 9.89. The number of urea groups is 1. The number of nitrogens with two attached hydrogens (primary N) is 1. The Hall–Kier alpha value is -9.10. The number of aliphatic carboxylic acids is 1. The summed E-state index contributed by atoms with van der Waals surface area (Å²) >= 11 is 0. The van der Waals surface area contributed by atoms with Crippen LogP contribution in [0.15, 0.2) is 78.9 Å². The number of benzene rings is 3. The fraction of sp³-hybridized carbons (Fsp3) is 0.613. The van der Waals surface area contributed by atoms with Crippen LogP contribution in [0.3, 0.4) is 0 Å². The van der Waals surface area contributed by atoms with Gasteiger partial charge in [0, 0.05) is 65.7 Å². The van der Waals surface area contributed by atoms with E-state index in [0.717, 1.165) is 11.1 Å². The number of rotatable bonds is 37. The number of alkyl carbamates (subject to hydrolysis) is 1. The minimum Gasteiger partial charge on any atom is -0.475 e. The smallest absolute Gasteiger partial charge is 0.475 e. The van der Waals surface area contributed by atoms with Gasteiger partial charge in [-0.25, -0.2) is 24.0 Å². The largest absolute Gasteiger partial charge is 0.490 e. The molecule has 0 aliphatic carbocycles. The minimum absolute atomic E-state index is 0.0644. The van der Waals surface area contributed by atoms with Crippen LogP contribution in [0, 0.1) is 29.6 Å². The minimum atomic E-state index is -5.08. The molecule has 1 saturated heterocycles. The first-order valence-electron chi connectivity index (χ1n) is 35.7. The van der Waals surface area contributed by atoms with Gasteiger partial charge in [-0.3, -0.25) is 38.6 Å². The molecule has 1 heterocycles. The van der Waals surface area contributed by atoms with Gasteiger partial charge in [-0.15, -0.1) is 0 Å². The SMILES string of the molecule is CC[C@H](C)[C@@H]([C@@H](CC(=O)N1CCC[C@H]1[C@H](OC)[C@@H](C)C(=O)N[C@@H](Cc1ccccc1)C(=O)OC)OC)N(C)C(=O)[C@@H](NC(=O)[C@H](C(C)C)N(C)CCc1ccc(N(C)C(=O)OCc2ccc(NC(=O)[C@H](CCCNC(N)=O)NC(=O)[C@@H](NC(=O)OC(C)(C)C)C(C)C)cc2)cc1)C(C)C.O=C(O)C(F)(F)F. The Morgan fingerprint density at radius 1 is 0.698 bits per heavy atom. The third kappa shape index (κ3) is 29.3. The van der Waals surface area contributed by atoms with Gasteiger partial charge in [0.25, 0.3) is 0 Å². The van der Waals surface area contributed by atoms with Crippen LogP contribution in [0.25, 0.3) is 0 Å². The predicted octanol–water partition coefficient (Wildman–Crippen LogP) is 7.97. The van der Waals surface area contributed by atoms with E-state index in [1.807, 2.05) is 96.0 Å². The van der Waals surface area contributed by atoms with E-state index in [-0.39, 0.29) is 73.8 Å². The number of primary amides is 1. The van der Waals surface area contributed by atoms with E-state index >= 15 is 0 Å². The van der Waals surface area contributed by atoms with Crippen molar-refractivity contribution >= 4 is 77.0 Å². The van der Waals surface area contributed by atoms with E-state index in [2.05, 4.69) is 31.9 Å². The maximum absolute atomic E-state index is 14.9. The molecule has 28 nitrogen and oxygen atoms in total. The van der Waals surface area contributed by atoms with Gasteiger partial charge in [0.15, 0.2) is 0 Å². The van der Waals surface area contributed by atoms with Crippen LogP contribution in [0.5, 0.6) is 0 Å². The number of hydrogen-bond donors (Lipinski definition) is 8. The number of likely N-dealkylation sites (tertiary alicyclic amines) is 1. The summed E-state index contributed by atoms with van der Waals surface area (Å²) in [5, 5.41) is 23.7. The lowest BCUT2D eigenvalue weighted by molar-refractivity contribution is -0.192. The van der Waals surface area contributed by atoms with Crippen molar-refractivity contribution in [1.82, 2.24) is 41.3 Å². The van der Waals surface area contributed by atoms with Crippen LogP contribution in [0.1, 0.15) is 138 Å². The molecule has 1 fully saturated rings. The normalized spacial score (nSPS) is 15.9. The summed E-state index contributed by atoms with van der Waals surface area (Å²) in [7, 11) is 9.48. The highest BCUT2D eigenvalue weighted by Gasteiger charge is 2.44. The first-order chi connectivity index (χ1) is 49.6. The van der Waals surface area contributed by atoms with E-state index in [1.165, 1.54) is 26.2 Å². The second-order valence-corrected chi connectivity index (χ2v) is 28.6. The number of nitrogens with one attached hydrogen (secondary N) is 6. The van der Waals surface area contributed by atoms with Crippen molar-refractivity contribution in [3.63, 3.8) is 0 Å². The molecule has 3 aromatic carbocycles. The molecule has 31 heteroatoms. The van der Waals surface area contributed by atoms with E-state index in [9.17, 15) is 61.1 Å². The molecule has 106 heavy (non-hydrogen) atoms. The van der Waals surface area contributed by atoms with Crippen molar-refractivity contribution in [2.75, 3.05) is 72.3 Å². The zero-order chi connectivity index (χ0) is 80.1. The number of anilines is 2. The molecule has 0 bridgehead atoms. The van der Waals surface area contributed by atoms with Crippen LogP contribution in [-0.2, 0) is 81.5 Å². The number of carboxylic acids is 1. The molecule has 0 saturated carbocycles. The molecular formula is C75H114F3N11O17. The van der Waals surface area contributed by atoms with Crippen LogP contribution in [-0.4, -0.2) is 214 Å². The average Bonchev–Trinajstić information content (AvgIpc) is 1.19. The monoisotopic (exact) mass is 1500 g/mol. The van der Waals surface area contributed by atoms with Gasteiger partial charge >= 0.3 is 36.3 Å². The molecule has 0 unspecified atom stereocenters. The van der Waals surface area contributed by atoms with Crippen molar-refractivity contribution in [2.45, 2.75) is 207 Å². The second-order valence-electron chi connectivity index (χ2n) is 28.6. The van der Waals surface area contributed by atoms with Crippen molar-refractivity contribution in [3.05, 3.63) is 95.6 Å². The lowest BCUT2D eigenvalue weighted by Gasteiger charge is -2.41. The molecule has 4 rings (SSSR count). The number of esters is 1. The number of hydrogen-bond acceptors (Lipinski definition) is 17. The molecular weight excluding hydrogens is 1380 g/mol. The summed E-state index contributed by atoms with van der Waals surface area (Å²) in [5.41, 5.74) is 7.81. The fourth-order valence-corrected chi connectivity index (χ4v) is 12.4. The topological polar surface area (TPSA) is 365 Å². The van der Waals surface area contributed by atoms with Crippen LogP contribution >= 0.6 is 0 Å². The van der Waals surface area contributed by atoms with E-state index < -0.39 is 120 Å². The van der Waals surface area contributed by atoms with Gasteiger partial charge in [0.05, 0.1) is 49.8 Å². The summed E-state index contributed by atoms with van der Waals surface area (Å²) in [6.45, 7) is 23.0. The number of carbonyl (C=O) groups is 11. The van der Waals surface area contributed by atoms with Gasteiger partial charge < -0.3 is 76.2 Å². The highest BCUT2D eigenvalue weighted by Crippen LogP contribution is 2.31. The standard InChI is InChI=1S/C73H113N11O15.C2HF3O2/c1-19-47(8)62(57(95-16)42-58(85)84-39-24-28-56(84)63(96-17)48(9)64(86)78-55(69(91)97-18)41-50-25-21-20-22-26-50)83(15)68(90)60(45(4)5)79-67(89)61(46(6)7)81(13)40-37-49-31-35-53(36-32-49)82(14)72(94)98-43-51-29-33-52(34-30-51)76-65(87)54(27-23-38-75-70(74)92)77-66(88)59(44(2)3)80-71(93)99-73(10,11)12;3-2(4,5)1(6)7/h20-22,25-26,29-36,44-48,54-57,59-63H,19,23-24,27-28,37-43H2,1-18H3,(H,76,87)(H,77,88)(H,78,86)(H,79,89)(H,80,93)(H3,74,75,92);(H,6,7)/t47-,48+,54-,55-,56-,57+,59-,60-,61-,62-,63+;/m0./s1. The Morgan fingerprint density at radius 3 is 1.80 bits per heavy atom. The van der Waals surface area contributed by atoms with Crippen LogP contribution < -0.4 is 42.5 Å². The highest BCUT2D eigenvalue weighted by atomic mass is 19.4. The number of amides is 10. The van der Waals surface area contributed by atoms with Crippen molar-refractivity contribution in [1.29, 1.82) is 0 Å². The maximum atomic E-state index is 14.9. The summed E-state index contributed by atoms with van der Waals surface area (Å²) < 4.78 is 59.9. The van der Waals surface area contributed by atoms with Gasteiger partial charge in [-0.2, -0.15) is 13.2 Å². The number of ether oxygens (including phenoxy) is 5. The number of carboxylic acid groups (broad SMARTS) is 1. The van der Waals surface area contributed by atoms with Gasteiger partial charge in [-0.1, -0.05) is 123 Å². The number of methoxy groups -OCH3 is 3. The van der Waals surface area contributed by atoms with E-state index in [4.69, 9.17) is 39.3 Å². The summed E-state index contributed by atoms with van der Waals surface area (Å²) in [5.74, 6) is -7.45. The zero-order valence-electron chi connectivity index (χ0n) is 64.6. The second kappa shape index (κ2) is 43.5. The highest BCUT2D eigenvalue weighted by molar-refractivity contribution is 5.98. The molecule has 0 spiro atoms. The molecule has 1 aliphatic rings. The molecule has 592 valence electrons. The Balaban J connectivity index is 0.00000395. The molecule has 9 N–H and O–H groups in total. The molecule has 10 amide bonds. The molecule has 0 aromatic heterocycles. The first kappa shape index (κ1) is 91.1. The Labute approximate surface area is 621 Å². The van der Waals surface area contributed by atoms with E-state index in [0.29, 0.717) is 62.1 Å². The zero-order valence-corrected chi connectivity index (χ0v) is 64.6. The third-order valence-corrected chi connectivity index (χ3v) is 18.3. The number of likely N-dealkylation sites (N-methyl/N-ethyl adjacent to an activating group) is 2. The Kier molecular flexibility index (Phi) is 37.4. The van der Waals surface area contributed by atoms with E-state index in [1.54, 1.807) is 102 Å². The van der Waals surface area contributed by atoms with Crippen LogP contribution in [0.2, 0.25) is 0 Å². The summed E-state index contributed by atoms with van der Waals surface area (Å²) in [6, 6.07) is 17.0. The quantitative estimate of drug-likeness (QED) is 0.0154. The van der Waals surface area contributed by atoms with Crippen molar-refractivity contribution < 1.29 is 94.7 Å². The Bertz CT molecular complexity index is 3340. The van der Waals surface area contributed by atoms with Gasteiger partial charge in [-0.05, 0) is 125 Å². The average molecular weight is 1500 g/mol. The molecule has 0 radical (unpaired) electrons. The fourth-order valence-electron chi connectivity index (χ4n) is 12.4. The first-order valence-corrected chi connectivity index (χ1v) is 35.7. The number of nitrogens with zero attached hydrogens (tertiary/aromatic N) is 4. The predicted molar refractivity (Wildman–Crippen MR) is 392 cm³/mol. The molecule has 3 aromatic rings. The third-order valence-electron chi connectivity index (χ3n) is 18.3. The van der Waals surface area contributed by atoms with Gasteiger partial charge in [0.1, 0.15) is 36.4 Å². The number of halogens is 3. The summed E-state index contributed by atoms with van der Waals surface area (Å²) in [4.78, 5) is 151. The Morgan fingerprint density at radius 2 is 1.28 bits per heavy atom. The molecule has 11 atom stereocenters. The van der Waals surface area contributed by atoms with Crippen LogP contribution in [0.4, 0.5) is 38.9 Å². The molecule has 1 aliphatic heterocycles. The maximum Gasteiger partial charge on any atom is 0.490 e. The van der Waals surface area contributed by atoms with Crippen molar-refractivity contribution in [3.8, 4) is 0 Å². The summed E-state index contributed by atoms with van der Waals surface area (Å²) in [6.07, 6.45) is -4.87. The van der Waals surface area contributed by atoms with Gasteiger partial charge in [0.2, 0.25) is 35.4 Å². The number of alkyl halides is 3.